The standard InChI is InChI=1S/C11H14Si/c1-3-10(4-2)12-11-8-6-5-7-9-11/h3-10H,1-2,12H2. The molecule has 0 aliphatic heterocycles. The number of hydrogen-bond donors (Lipinski definition) is 0. The Morgan fingerprint density at radius 3 is 2.17 bits per heavy atom. The van der Waals surface area contributed by atoms with Gasteiger partial charge in [-0.3, -0.25) is 0 Å². The summed E-state index contributed by atoms with van der Waals surface area (Å²) in [7, 11) is -0.234. The molecule has 12 heavy (non-hydrogen) atoms. The van der Waals surface area contributed by atoms with Crippen molar-refractivity contribution in [1.82, 2.24) is 0 Å². The van der Waals surface area contributed by atoms with Crippen molar-refractivity contribution in [2.75, 3.05) is 0 Å². The molecule has 1 rings (SSSR count). The molecule has 1 aromatic rings. The first-order valence-electron chi connectivity index (χ1n) is 4.16. The van der Waals surface area contributed by atoms with Gasteiger partial charge in [0.15, 0.2) is 0 Å². The minimum atomic E-state index is -0.234. The van der Waals surface area contributed by atoms with E-state index in [0.717, 1.165) is 0 Å². The Kier molecular flexibility index (Phi) is 3.55. The van der Waals surface area contributed by atoms with Crippen LogP contribution >= 0.6 is 0 Å². The highest BCUT2D eigenvalue weighted by Gasteiger charge is 1.99. The lowest BCUT2D eigenvalue weighted by Crippen LogP contribution is -2.16. The van der Waals surface area contributed by atoms with E-state index < -0.39 is 0 Å². The van der Waals surface area contributed by atoms with E-state index in [9.17, 15) is 0 Å². The number of allylic oxidation sites excluding steroid dienone is 2. The van der Waals surface area contributed by atoms with E-state index in [1.807, 2.05) is 12.2 Å². The summed E-state index contributed by atoms with van der Waals surface area (Å²) in [6.07, 6.45) is 3.98. The van der Waals surface area contributed by atoms with Gasteiger partial charge < -0.3 is 0 Å². The zero-order chi connectivity index (χ0) is 8.81. The van der Waals surface area contributed by atoms with E-state index in [1.54, 1.807) is 0 Å². The minimum Gasteiger partial charge on any atom is -0.103 e. The second kappa shape index (κ2) is 4.73. The van der Waals surface area contributed by atoms with Gasteiger partial charge in [0, 0.05) is 0 Å². The molecule has 0 aliphatic rings. The molecule has 0 unspecified atom stereocenters. The minimum absolute atomic E-state index is 0.234. The zero-order valence-electron chi connectivity index (χ0n) is 7.24. The van der Waals surface area contributed by atoms with Crippen molar-refractivity contribution in [3.63, 3.8) is 0 Å². The van der Waals surface area contributed by atoms with Gasteiger partial charge >= 0.3 is 0 Å². The zero-order valence-corrected chi connectivity index (χ0v) is 8.65. The van der Waals surface area contributed by atoms with Crippen molar-refractivity contribution in [3.05, 3.63) is 55.6 Å². The van der Waals surface area contributed by atoms with Gasteiger partial charge in [-0.1, -0.05) is 47.7 Å². The molecular formula is C11H14Si. The lowest BCUT2D eigenvalue weighted by atomic mass is 10.4. The van der Waals surface area contributed by atoms with E-state index in [4.69, 9.17) is 0 Å². The third-order valence-corrected chi connectivity index (χ3v) is 4.00. The molecule has 0 heterocycles. The smallest absolute Gasteiger partial charge is 0.0663 e. The lowest BCUT2D eigenvalue weighted by molar-refractivity contribution is 1.38. The van der Waals surface area contributed by atoms with E-state index in [2.05, 4.69) is 43.5 Å². The first kappa shape index (κ1) is 9.01. The number of rotatable bonds is 4. The third kappa shape index (κ3) is 2.51. The van der Waals surface area contributed by atoms with Crippen LogP contribution in [0.2, 0.25) is 5.54 Å². The van der Waals surface area contributed by atoms with Gasteiger partial charge in [-0.05, 0) is 5.54 Å². The summed E-state index contributed by atoms with van der Waals surface area (Å²) >= 11 is 0. The molecule has 0 aromatic heterocycles. The molecule has 0 atom stereocenters. The molecule has 0 nitrogen and oxygen atoms in total. The van der Waals surface area contributed by atoms with Crippen LogP contribution in [0.1, 0.15) is 0 Å². The van der Waals surface area contributed by atoms with Crippen LogP contribution in [0.15, 0.2) is 55.6 Å². The van der Waals surface area contributed by atoms with Crippen LogP contribution in [0.5, 0.6) is 0 Å². The number of hydrogen-bond acceptors (Lipinski definition) is 0. The molecule has 0 radical (unpaired) electrons. The summed E-state index contributed by atoms with van der Waals surface area (Å²) in [6, 6.07) is 10.6. The summed E-state index contributed by atoms with van der Waals surface area (Å²) < 4.78 is 0. The first-order valence-corrected chi connectivity index (χ1v) is 5.68. The molecule has 62 valence electrons. The van der Waals surface area contributed by atoms with Gasteiger partial charge in [0.2, 0.25) is 0 Å². The predicted octanol–water partition coefficient (Wildman–Crippen LogP) is 1.64. The van der Waals surface area contributed by atoms with Gasteiger partial charge in [-0.15, -0.1) is 13.2 Å². The van der Waals surface area contributed by atoms with Crippen LogP contribution in [0.4, 0.5) is 0 Å². The Bertz CT molecular complexity index is 243. The second-order valence-corrected chi connectivity index (χ2v) is 4.99. The fraction of sp³-hybridized carbons (Fsp3) is 0.0909. The van der Waals surface area contributed by atoms with Crippen LogP contribution in [0.3, 0.4) is 0 Å². The SMILES string of the molecule is C=CC(C=C)[SiH2]c1ccccc1. The molecule has 0 saturated carbocycles. The number of benzene rings is 1. The second-order valence-electron chi connectivity index (χ2n) is 2.82. The van der Waals surface area contributed by atoms with Crippen LogP contribution < -0.4 is 5.19 Å². The van der Waals surface area contributed by atoms with Gasteiger partial charge in [0.1, 0.15) is 0 Å². The van der Waals surface area contributed by atoms with Crippen LogP contribution in [0, 0.1) is 0 Å². The molecule has 1 heteroatoms. The van der Waals surface area contributed by atoms with Crippen molar-refractivity contribution in [3.8, 4) is 0 Å². The quantitative estimate of drug-likeness (QED) is 0.481. The summed E-state index contributed by atoms with van der Waals surface area (Å²) in [6.45, 7) is 7.58. The molecule has 1 aromatic carbocycles. The molecule has 0 saturated heterocycles. The maximum absolute atomic E-state index is 3.79. The van der Waals surface area contributed by atoms with Gasteiger partial charge in [0.25, 0.3) is 0 Å². The maximum atomic E-state index is 3.79. The fourth-order valence-electron chi connectivity index (χ4n) is 1.15. The van der Waals surface area contributed by atoms with Crippen molar-refractivity contribution in [2.24, 2.45) is 0 Å². The average Bonchev–Trinajstić information content (AvgIpc) is 2.16. The Labute approximate surface area is 76.5 Å². The molecule has 0 fully saturated rings. The van der Waals surface area contributed by atoms with E-state index in [0.29, 0.717) is 5.54 Å². The van der Waals surface area contributed by atoms with Crippen molar-refractivity contribution in [2.45, 2.75) is 5.54 Å². The van der Waals surface area contributed by atoms with E-state index >= 15 is 0 Å². The predicted molar refractivity (Wildman–Crippen MR) is 58.8 cm³/mol. The summed E-state index contributed by atoms with van der Waals surface area (Å²) in [5.41, 5.74) is 0.535. The Morgan fingerprint density at radius 1 is 1.08 bits per heavy atom. The van der Waals surface area contributed by atoms with Gasteiger partial charge in [-0.2, -0.15) is 0 Å². The summed E-state index contributed by atoms with van der Waals surface area (Å²) in [5.74, 6) is 0. The molecule has 0 amide bonds. The molecule has 0 aliphatic carbocycles. The van der Waals surface area contributed by atoms with E-state index in [-0.39, 0.29) is 9.52 Å². The average molecular weight is 174 g/mol. The topological polar surface area (TPSA) is 0 Å². The third-order valence-electron chi connectivity index (χ3n) is 1.92. The van der Waals surface area contributed by atoms with Crippen molar-refractivity contribution >= 4 is 14.7 Å². The van der Waals surface area contributed by atoms with Gasteiger partial charge in [-0.25, -0.2) is 0 Å². The highest BCUT2D eigenvalue weighted by molar-refractivity contribution is 6.56. The highest BCUT2D eigenvalue weighted by atomic mass is 28.2. The lowest BCUT2D eigenvalue weighted by Gasteiger charge is -2.04. The normalized spacial score (nSPS) is 10.8. The van der Waals surface area contributed by atoms with Crippen LogP contribution in [-0.2, 0) is 0 Å². The van der Waals surface area contributed by atoms with E-state index in [1.165, 1.54) is 5.19 Å². The Balaban J connectivity index is 2.62. The largest absolute Gasteiger partial charge is 0.103 e. The molecular weight excluding hydrogens is 160 g/mol. The Hall–Kier alpha value is -1.08. The fourth-order valence-corrected chi connectivity index (χ4v) is 2.57. The first-order chi connectivity index (χ1) is 5.86. The molecule has 0 N–H and O–H groups in total. The summed E-state index contributed by atoms with van der Waals surface area (Å²) in [4.78, 5) is 0. The van der Waals surface area contributed by atoms with Crippen LogP contribution in [0.25, 0.3) is 0 Å². The van der Waals surface area contributed by atoms with Crippen molar-refractivity contribution < 1.29 is 0 Å². The highest BCUT2D eigenvalue weighted by Crippen LogP contribution is 2.03. The van der Waals surface area contributed by atoms with Crippen LogP contribution in [-0.4, -0.2) is 9.52 Å². The van der Waals surface area contributed by atoms with Gasteiger partial charge in [0.05, 0.1) is 9.52 Å². The Morgan fingerprint density at radius 2 is 1.67 bits per heavy atom. The molecule has 0 bridgehead atoms. The maximum Gasteiger partial charge on any atom is 0.0663 e. The monoisotopic (exact) mass is 174 g/mol. The van der Waals surface area contributed by atoms with Crippen molar-refractivity contribution in [1.29, 1.82) is 0 Å². The summed E-state index contributed by atoms with van der Waals surface area (Å²) in [5, 5.41) is 1.47. The molecule has 0 spiro atoms.